The van der Waals surface area contributed by atoms with E-state index in [-0.39, 0.29) is 18.4 Å². The van der Waals surface area contributed by atoms with Gasteiger partial charge in [0.15, 0.2) is 6.61 Å². The highest BCUT2D eigenvalue weighted by Crippen LogP contribution is 2.34. The molecule has 0 radical (unpaired) electrons. The number of morpholine rings is 1. The number of halogens is 1. The van der Waals surface area contributed by atoms with Crippen LogP contribution in [0.25, 0.3) is 0 Å². The van der Waals surface area contributed by atoms with E-state index in [1.165, 1.54) is 0 Å². The summed E-state index contributed by atoms with van der Waals surface area (Å²) < 4.78 is 11.1. The smallest absolute Gasteiger partial charge is 0.262 e. The van der Waals surface area contributed by atoms with Gasteiger partial charge in [-0.2, -0.15) is 0 Å². The number of hydrogen-bond donors (Lipinski definition) is 2. The van der Waals surface area contributed by atoms with Crippen molar-refractivity contribution in [2.24, 2.45) is 0 Å². The highest BCUT2D eigenvalue weighted by atomic mass is 35.5. The molecule has 0 aliphatic carbocycles. The van der Waals surface area contributed by atoms with Gasteiger partial charge in [0.05, 0.1) is 29.6 Å². The Kier molecular flexibility index (Phi) is 5.87. The SMILES string of the molecule is O=C1CCc2cc(OCC(=O)Nc3cccc(Cl)c3N3CCOCC3)ccc2N1. The summed E-state index contributed by atoms with van der Waals surface area (Å²) in [5.41, 5.74) is 3.26. The molecule has 152 valence electrons. The van der Waals surface area contributed by atoms with Crippen LogP contribution in [0.1, 0.15) is 12.0 Å². The van der Waals surface area contributed by atoms with Crippen LogP contribution in [-0.2, 0) is 20.7 Å². The molecule has 2 N–H and O–H groups in total. The first-order valence-electron chi connectivity index (χ1n) is 9.57. The third-order valence-electron chi connectivity index (χ3n) is 4.93. The van der Waals surface area contributed by atoms with Gasteiger partial charge in [-0.25, -0.2) is 0 Å². The largest absolute Gasteiger partial charge is 0.484 e. The molecule has 0 spiro atoms. The van der Waals surface area contributed by atoms with E-state index in [2.05, 4.69) is 15.5 Å². The normalized spacial score (nSPS) is 16.0. The summed E-state index contributed by atoms with van der Waals surface area (Å²) in [6.45, 7) is 2.56. The van der Waals surface area contributed by atoms with Crippen LogP contribution in [0, 0.1) is 0 Å². The Morgan fingerprint density at radius 1 is 1.21 bits per heavy atom. The lowest BCUT2D eigenvalue weighted by Gasteiger charge is -2.31. The van der Waals surface area contributed by atoms with Crippen molar-refractivity contribution in [2.45, 2.75) is 12.8 Å². The maximum Gasteiger partial charge on any atom is 0.262 e. The Bertz CT molecular complexity index is 928. The molecule has 0 saturated carbocycles. The van der Waals surface area contributed by atoms with Gasteiger partial charge >= 0.3 is 0 Å². The Morgan fingerprint density at radius 2 is 2.03 bits per heavy atom. The zero-order chi connectivity index (χ0) is 20.2. The number of hydrogen-bond acceptors (Lipinski definition) is 5. The minimum Gasteiger partial charge on any atom is -0.484 e. The van der Waals surface area contributed by atoms with Crippen LogP contribution in [0.2, 0.25) is 5.02 Å². The number of nitrogens with one attached hydrogen (secondary N) is 2. The van der Waals surface area contributed by atoms with E-state index in [0.717, 1.165) is 30.0 Å². The molecule has 0 atom stereocenters. The lowest BCUT2D eigenvalue weighted by Crippen LogP contribution is -2.37. The van der Waals surface area contributed by atoms with Gasteiger partial charge < -0.3 is 25.0 Å². The first-order chi connectivity index (χ1) is 14.1. The summed E-state index contributed by atoms with van der Waals surface area (Å²) in [4.78, 5) is 26.0. The van der Waals surface area contributed by atoms with Crippen molar-refractivity contribution in [1.29, 1.82) is 0 Å². The third kappa shape index (κ3) is 4.63. The molecule has 2 heterocycles. The third-order valence-corrected chi connectivity index (χ3v) is 5.24. The summed E-state index contributed by atoms with van der Waals surface area (Å²) in [6, 6.07) is 10.9. The van der Waals surface area contributed by atoms with E-state index < -0.39 is 0 Å². The summed E-state index contributed by atoms with van der Waals surface area (Å²) >= 11 is 6.40. The van der Waals surface area contributed by atoms with E-state index in [4.69, 9.17) is 21.1 Å². The van der Waals surface area contributed by atoms with E-state index >= 15 is 0 Å². The van der Waals surface area contributed by atoms with Crippen LogP contribution in [0.15, 0.2) is 36.4 Å². The molecular formula is C21H22ClN3O4. The fourth-order valence-electron chi connectivity index (χ4n) is 3.51. The van der Waals surface area contributed by atoms with Crippen LogP contribution < -0.4 is 20.3 Å². The van der Waals surface area contributed by atoms with E-state index in [1.54, 1.807) is 18.2 Å². The van der Waals surface area contributed by atoms with Gasteiger partial charge in [0.1, 0.15) is 5.75 Å². The lowest BCUT2D eigenvalue weighted by molar-refractivity contribution is -0.118. The number of carbonyl (C=O) groups is 2. The van der Waals surface area contributed by atoms with Gasteiger partial charge in [-0.1, -0.05) is 17.7 Å². The lowest BCUT2D eigenvalue weighted by atomic mass is 10.0. The molecule has 29 heavy (non-hydrogen) atoms. The predicted octanol–water partition coefficient (Wildman–Crippen LogP) is 3.08. The molecule has 7 nitrogen and oxygen atoms in total. The van der Waals surface area contributed by atoms with Crippen LogP contribution in [0.4, 0.5) is 17.1 Å². The minimum atomic E-state index is -0.271. The van der Waals surface area contributed by atoms with Crippen molar-refractivity contribution in [2.75, 3.05) is 48.4 Å². The topological polar surface area (TPSA) is 79.9 Å². The van der Waals surface area contributed by atoms with Crippen molar-refractivity contribution in [3.8, 4) is 5.75 Å². The molecule has 0 unspecified atom stereocenters. The minimum absolute atomic E-state index is 0.0168. The monoisotopic (exact) mass is 415 g/mol. The number of para-hydroxylation sites is 1. The molecule has 2 aromatic rings. The number of benzene rings is 2. The molecule has 8 heteroatoms. The average Bonchev–Trinajstić information content (AvgIpc) is 2.73. The maximum atomic E-state index is 12.5. The molecule has 2 amide bonds. The van der Waals surface area contributed by atoms with E-state index in [1.807, 2.05) is 18.2 Å². The van der Waals surface area contributed by atoms with Gasteiger partial charge in [0, 0.05) is 25.2 Å². The highest BCUT2D eigenvalue weighted by molar-refractivity contribution is 6.34. The van der Waals surface area contributed by atoms with Crippen molar-refractivity contribution >= 4 is 40.5 Å². The summed E-state index contributed by atoms with van der Waals surface area (Å²) in [6.07, 6.45) is 1.12. The molecule has 2 aliphatic rings. The average molecular weight is 416 g/mol. The number of anilines is 3. The molecular weight excluding hydrogens is 394 g/mol. The van der Waals surface area contributed by atoms with Crippen LogP contribution in [0.3, 0.4) is 0 Å². The van der Waals surface area contributed by atoms with Gasteiger partial charge in [-0.05, 0) is 42.3 Å². The Balaban J connectivity index is 1.40. The molecule has 2 aliphatic heterocycles. The van der Waals surface area contributed by atoms with Crippen LogP contribution in [-0.4, -0.2) is 44.7 Å². The second kappa shape index (κ2) is 8.71. The Morgan fingerprint density at radius 3 is 2.86 bits per heavy atom. The summed E-state index contributed by atoms with van der Waals surface area (Å²) in [5.74, 6) is 0.338. The molecule has 1 fully saturated rings. The number of ether oxygens (including phenoxy) is 2. The first-order valence-corrected chi connectivity index (χ1v) is 9.94. The molecule has 2 aromatic carbocycles. The van der Waals surface area contributed by atoms with Crippen molar-refractivity contribution < 1.29 is 19.1 Å². The number of amides is 2. The molecule has 1 saturated heterocycles. The Labute approximate surface area is 173 Å². The van der Waals surface area contributed by atoms with Crippen molar-refractivity contribution in [1.82, 2.24) is 0 Å². The Hall–Kier alpha value is -2.77. The van der Waals surface area contributed by atoms with Gasteiger partial charge in [0.2, 0.25) is 5.91 Å². The predicted molar refractivity (Wildman–Crippen MR) is 112 cm³/mol. The number of fused-ring (bicyclic) bond motifs is 1. The fourth-order valence-corrected chi connectivity index (χ4v) is 3.80. The number of aryl methyl sites for hydroxylation is 1. The second-order valence-electron chi connectivity index (χ2n) is 6.94. The van der Waals surface area contributed by atoms with Gasteiger partial charge in [-0.15, -0.1) is 0 Å². The van der Waals surface area contributed by atoms with Crippen LogP contribution in [0.5, 0.6) is 5.75 Å². The molecule has 4 rings (SSSR count). The zero-order valence-corrected chi connectivity index (χ0v) is 16.6. The number of carbonyl (C=O) groups excluding carboxylic acids is 2. The number of nitrogens with zero attached hydrogens (tertiary/aromatic N) is 1. The quantitative estimate of drug-likeness (QED) is 0.784. The maximum absolute atomic E-state index is 12.5. The highest BCUT2D eigenvalue weighted by Gasteiger charge is 2.19. The van der Waals surface area contributed by atoms with Crippen molar-refractivity contribution in [3.05, 3.63) is 47.0 Å². The molecule has 0 aromatic heterocycles. The first kappa shape index (κ1) is 19.5. The zero-order valence-electron chi connectivity index (χ0n) is 15.9. The summed E-state index contributed by atoms with van der Waals surface area (Å²) in [5, 5.41) is 6.31. The number of rotatable bonds is 5. The van der Waals surface area contributed by atoms with E-state index in [0.29, 0.717) is 42.5 Å². The van der Waals surface area contributed by atoms with Gasteiger partial charge in [0.25, 0.3) is 5.91 Å². The fraction of sp³-hybridized carbons (Fsp3) is 0.333. The molecule has 0 bridgehead atoms. The van der Waals surface area contributed by atoms with E-state index in [9.17, 15) is 9.59 Å². The standard InChI is InChI=1S/C21H22ClN3O4/c22-16-2-1-3-18(21(16)25-8-10-28-11-9-25)24-20(27)13-29-15-5-6-17-14(12-15)4-7-19(26)23-17/h1-3,5-6,12H,4,7-11,13H2,(H,23,26)(H,24,27). The second-order valence-corrected chi connectivity index (χ2v) is 7.35. The van der Waals surface area contributed by atoms with Gasteiger partial charge in [-0.3, -0.25) is 9.59 Å². The van der Waals surface area contributed by atoms with Crippen molar-refractivity contribution in [3.63, 3.8) is 0 Å². The summed E-state index contributed by atoms with van der Waals surface area (Å²) in [7, 11) is 0. The van der Waals surface area contributed by atoms with Crippen LogP contribution >= 0.6 is 11.6 Å².